The van der Waals surface area contributed by atoms with Gasteiger partial charge < -0.3 is 15.1 Å². The van der Waals surface area contributed by atoms with Crippen LogP contribution in [-0.4, -0.2) is 54.4 Å². The Kier molecular flexibility index (Phi) is 6.69. The van der Waals surface area contributed by atoms with Crippen molar-refractivity contribution in [1.29, 1.82) is 0 Å². The number of nitrogens with one attached hydrogen (secondary N) is 1. The molecule has 3 rings (SSSR count). The maximum atomic E-state index is 12.9. The fraction of sp³-hybridized carbons (Fsp3) is 0.667. The summed E-state index contributed by atoms with van der Waals surface area (Å²) in [4.78, 5) is 33.7. The van der Waals surface area contributed by atoms with Gasteiger partial charge in [0, 0.05) is 50.8 Å². The molecule has 1 saturated heterocycles. The Balaban J connectivity index is 1.43. The third-order valence-electron chi connectivity index (χ3n) is 5.70. The minimum Gasteiger partial charge on any atom is -0.356 e. The van der Waals surface area contributed by atoms with Gasteiger partial charge in [-0.25, -0.2) is 4.98 Å². The Morgan fingerprint density at radius 2 is 1.74 bits per heavy atom. The van der Waals surface area contributed by atoms with Crippen LogP contribution in [0.25, 0.3) is 0 Å². The Morgan fingerprint density at radius 3 is 2.33 bits per heavy atom. The van der Waals surface area contributed by atoms with Crippen molar-refractivity contribution < 1.29 is 9.59 Å². The molecule has 0 radical (unpaired) electrons. The molecule has 0 spiro atoms. The van der Waals surface area contributed by atoms with E-state index < -0.39 is 0 Å². The fourth-order valence-corrected chi connectivity index (χ4v) is 4.01. The third kappa shape index (κ3) is 5.21. The molecule has 1 aromatic rings. The van der Waals surface area contributed by atoms with E-state index in [4.69, 9.17) is 0 Å². The third-order valence-corrected chi connectivity index (χ3v) is 5.70. The molecule has 1 aliphatic carbocycles. The van der Waals surface area contributed by atoms with Crippen LogP contribution in [0.4, 0.5) is 5.82 Å². The number of aromatic nitrogens is 1. The van der Waals surface area contributed by atoms with E-state index in [-0.39, 0.29) is 23.7 Å². The zero-order valence-corrected chi connectivity index (χ0v) is 16.6. The lowest BCUT2D eigenvalue weighted by Crippen LogP contribution is -2.51. The van der Waals surface area contributed by atoms with Gasteiger partial charge in [-0.1, -0.05) is 19.9 Å². The Hall–Kier alpha value is -2.11. The predicted molar refractivity (Wildman–Crippen MR) is 106 cm³/mol. The van der Waals surface area contributed by atoms with Gasteiger partial charge in [0.1, 0.15) is 5.82 Å². The van der Waals surface area contributed by atoms with Crippen molar-refractivity contribution in [3.8, 4) is 0 Å². The van der Waals surface area contributed by atoms with E-state index >= 15 is 0 Å². The van der Waals surface area contributed by atoms with Crippen LogP contribution in [-0.2, 0) is 9.59 Å². The highest BCUT2D eigenvalue weighted by Gasteiger charge is 2.33. The number of carbonyl (C=O) groups excluding carboxylic acids is 2. The van der Waals surface area contributed by atoms with Crippen molar-refractivity contribution in [3.05, 3.63) is 24.4 Å². The number of rotatable bonds is 5. The molecule has 1 saturated carbocycles. The molecule has 6 heteroatoms. The van der Waals surface area contributed by atoms with Gasteiger partial charge in [-0.2, -0.15) is 0 Å². The molecule has 1 aliphatic heterocycles. The smallest absolute Gasteiger partial charge is 0.225 e. The molecule has 6 nitrogen and oxygen atoms in total. The molecular formula is C21H32N4O2. The first-order chi connectivity index (χ1) is 13.0. The molecular weight excluding hydrogens is 340 g/mol. The van der Waals surface area contributed by atoms with Crippen LogP contribution in [0.3, 0.4) is 0 Å². The maximum Gasteiger partial charge on any atom is 0.225 e. The highest BCUT2D eigenvalue weighted by molar-refractivity contribution is 5.81. The molecule has 27 heavy (non-hydrogen) atoms. The van der Waals surface area contributed by atoms with Gasteiger partial charge in [0.2, 0.25) is 11.8 Å². The molecule has 2 heterocycles. The monoisotopic (exact) mass is 372 g/mol. The average molecular weight is 373 g/mol. The minimum atomic E-state index is 0.0776. The predicted octanol–water partition coefficient (Wildman–Crippen LogP) is 2.31. The number of anilines is 1. The first-order valence-corrected chi connectivity index (χ1v) is 10.3. The molecule has 0 atom stereocenters. The van der Waals surface area contributed by atoms with Gasteiger partial charge in [-0.05, 0) is 43.7 Å². The van der Waals surface area contributed by atoms with Crippen molar-refractivity contribution in [1.82, 2.24) is 15.2 Å². The van der Waals surface area contributed by atoms with Crippen molar-refractivity contribution in [2.24, 2.45) is 17.8 Å². The zero-order valence-electron chi connectivity index (χ0n) is 16.6. The average Bonchev–Trinajstić information content (AvgIpc) is 2.72. The molecule has 0 aromatic carbocycles. The van der Waals surface area contributed by atoms with Crippen LogP contribution >= 0.6 is 0 Å². The second kappa shape index (κ2) is 9.20. The van der Waals surface area contributed by atoms with Gasteiger partial charge in [0.15, 0.2) is 0 Å². The SMILES string of the molecule is CC(C)CNC(=O)C1CCC(C(=O)N2CCN(c3ccccn3)CC2)CC1. The van der Waals surface area contributed by atoms with Crippen molar-refractivity contribution in [3.63, 3.8) is 0 Å². The first kappa shape index (κ1) is 19.6. The summed E-state index contributed by atoms with van der Waals surface area (Å²) in [5.41, 5.74) is 0. The molecule has 2 amide bonds. The fourth-order valence-electron chi connectivity index (χ4n) is 4.01. The number of hydrogen-bond acceptors (Lipinski definition) is 4. The Labute approximate surface area is 162 Å². The number of hydrogen-bond donors (Lipinski definition) is 1. The summed E-state index contributed by atoms with van der Waals surface area (Å²) in [5, 5.41) is 3.03. The molecule has 148 valence electrons. The number of amides is 2. The molecule has 1 aromatic heterocycles. The van der Waals surface area contributed by atoms with Crippen LogP contribution < -0.4 is 10.2 Å². The minimum absolute atomic E-state index is 0.0776. The van der Waals surface area contributed by atoms with E-state index in [2.05, 4.69) is 29.0 Å². The van der Waals surface area contributed by atoms with Gasteiger partial charge >= 0.3 is 0 Å². The summed E-state index contributed by atoms with van der Waals surface area (Å²) in [6.45, 7) is 8.10. The van der Waals surface area contributed by atoms with Crippen LogP contribution in [0.5, 0.6) is 0 Å². The molecule has 1 N–H and O–H groups in total. The van der Waals surface area contributed by atoms with Crippen LogP contribution in [0.2, 0.25) is 0 Å². The standard InChI is InChI=1S/C21H32N4O2/c1-16(2)15-23-20(26)17-6-8-18(9-7-17)21(27)25-13-11-24(12-14-25)19-5-3-4-10-22-19/h3-5,10,16-18H,6-9,11-15H2,1-2H3,(H,23,26). The second-order valence-electron chi connectivity index (χ2n) is 8.19. The molecule has 0 bridgehead atoms. The van der Waals surface area contributed by atoms with E-state index in [0.717, 1.165) is 64.2 Å². The van der Waals surface area contributed by atoms with Gasteiger partial charge in [-0.15, -0.1) is 0 Å². The summed E-state index contributed by atoms with van der Waals surface area (Å²) in [6, 6.07) is 5.93. The number of piperazine rings is 1. The highest BCUT2D eigenvalue weighted by Crippen LogP contribution is 2.30. The summed E-state index contributed by atoms with van der Waals surface area (Å²) >= 11 is 0. The van der Waals surface area contributed by atoms with Crippen molar-refractivity contribution in [2.75, 3.05) is 37.6 Å². The van der Waals surface area contributed by atoms with E-state index in [1.165, 1.54) is 0 Å². The van der Waals surface area contributed by atoms with Gasteiger partial charge in [0.05, 0.1) is 0 Å². The Morgan fingerprint density at radius 1 is 1.07 bits per heavy atom. The molecule has 2 aliphatic rings. The summed E-state index contributed by atoms with van der Waals surface area (Å²) < 4.78 is 0. The molecule has 0 unspecified atom stereocenters. The number of carbonyl (C=O) groups is 2. The van der Waals surface area contributed by atoms with Gasteiger partial charge in [-0.3, -0.25) is 9.59 Å². The highest BCUT2D eigenvalue weighted by atomic mass is 16.2. The van der Waals surface area contributed by atoms with Crippen molar-refractivity contribution >= 4 is 17.6 Å². The summed E-state index contributed by atoms with van der Waals surface area (Å²) in [5.74, 6) is 2.05. The lowest BCUT2D eigenvalue weighted by atomic mass is 9.80. The Bertz CT molecular complexity index is 618. The van der Waals surface area contributed by atoms with Crippen LogP contribution in [0.1, 0.15) is 39.5 Å². The second-order valence-corrected chi connectivity index (χ2v) is 8.19. The lowest BCUT2D eigenvalue weighted by Gasteiger charge is -2.38. The maximum absolute atomic E-state index is 12.9. The summed E-state index contributed by atoms with van der Waals surface area (Å²) in [7, 11) is 0. The van der Waals surface area contributed by atoms with Gasteiger partial charge in [0.25, 0.3) is 0 Å². The van der Waals surface area contributed by atoms with Crippen LogP contribution in [0.15, 0.2) is 24.4 Å². The molecule has 2 fully saturated rings. The first-order valence-electron chi connectivity index (χ1n) is 10.3. The van der Waals surface area contributed by atoms with E-state index in [1.807, 2.05) is 29.3 Å². The van der Waals surface area contributed by atoms with Crippen LogP contribution in [0, 0.1) is 17.8 Å². The van der Waals surface area contributed by atoms with E-state index in [9.17, 15) is 9.59 Å². The number of nitrogens with zero attached hydrogens (tertiary/aromatic N) is 3. The topological polar surface area (TPSA) is 65.5 Å². The normalized spacial score (nSPS) is 23.4. The largest absolute Gasteiger partial charge is 0.356 e. The van der Waals surface area contributed by atoms with E-state index in [1.54, 1.807) is 0 Å². The number of pyridine rings is 1. The van der Waals surface area contributed by atoms with Crippen molar-refractivity contribution in [2.45, 2.75) is 39.5 Å². The van der Waals surface area contributed by atoms with E-state index in [0.29, 0.717) is 5.92 Å². The quantitative estimate of drug-likeness (QED) is 0.861. The zero-order chi connectivity index (χ0) is 19.2. The summed E-state index contributed by atoms with van der Waals surface area (Å²) in [6.07, 6.45) is 5.13. The lowest BCUT2D eigenvalue weighted by molar-refractivity contribution is -0.138.